The van der Waals surface area contributed by atoms with Crippen molar-refractivity contribution in [2.24, 2.45) is 0 Å². The quantitative estimate of drug-likeness (QED) is 0.768. The van der Waals surface area contributed by atoms with Crippen molar-refractivity contribution in [3.05, 3.63) is 98.6 Å². The van der Waals surface area contributed by atoms with Gasteiger partial charge in [0.15, 0.2) is 0 Å². The maximum absolute atomic E-state index is 9.57. The van der Waals surface area contributed by atoms with Crippen LogP contribution in [0, 0.1) is 0 Å². The minimum absolute atomic E-state index is 0.0644. The van der Waals surface area contributed by atoms with E-state index >= 15 is 0 Å². The zero-order valence-electron chi connectivity index (χ0n) is 12.8. The molecular formula is C21H14NO+. The molecule has 0 bridgehead atoms. The molecule has 2 nitrogen and oxygen atoms in total. The van der Waals surface area contributed by atoms with E-state index in [4.69, 9.17) is 0 Å². The Bertz CT molecular complexity index is 979. The second-order valence-electron chi connectivity index (χ2n) is 3.77. The Morgan fingerprint density at radius 2 is 1.22 bits per heavy atom. The summed E-state index contributed by atoms with van der Waals surface area (Å²) in [7, 11) is 0. The van der Waals surface area contributed by atoms with E-state index in [1.54, 1.807) is 0 Å². The molecule has 108 valence electrons. The monoisotopic (exact) mass is 296 g/mol. The van der Waals surface area contributed by atoms with Crippen molar-refractivity contribution in [1.29, 1.82) is 0 Å². The lowest BCUT2D eigenvalue weighted by Crippen LogP contribution is -2.65. The molecule has 0 aromatic rings. The molecule has 4 N–H and O–H groups in total. The van der Waals surface area contributed by atoms with Gasteiger partial charge in [-0.25, -0.2) is 0 Å². The Morgan fingerprint density at radius 1 is 0.826 bits per heavy atom. The van der Waals surface area contributed by atoms with Crippen molar-refractivity contribution in [2.75, 3.05) is 0 Å². The Hall–Kier alpha value is -3.64. The Labute approximate surface area is 135 Å². The Morgan fingerprint density at radius 3 is 1.61 bits per heavy atom. The maximum Gasteiger partial charge on any atom is 0.132 e. The minimum atomic E-state index is -0.645. The molecule has 23 heavy (non-hydrogen) atoms. The van der Waals surface area contributed by atoms with E-state index in [1.165, 1.54) is 6.08 Å². The van der Waals surface area contributed by atoms with Crippen molar-refractivity contribution in [3.63, 3.8) is 0 Å². The van der Waals surface area contributed by atoms with Gasteiger partial charge in [0.05, 0.1) is 0 Å². The van der Waals surface area contributed by atoms with Gasteiger partial charge in [0, 0.05) is 6.08 Å². The molecule has 0 unspecified atom stereocenters. The minimum Gasteiger partial charge on any atom is -0.382 e. The summed E-state index contributed by atoms with van der Waals surface area (Å²) in [5.41, 5.74) is 41.3. The average Bonchev–Trinajstić information content (AvgIpc) is 2.57. The molecule has 0 spiro atoms. The summed E-state index contributed by atoms with van der Waals surface area (Å²) in [6.45, 7) is 5.25. The molecule has 0 saturated carbocycles. The molecule has 0 rings (SSSR count). The Balaban J connectivity index is 5.45. The molecule has 0 aromatic heterocycles. The molecule has 0 heterocycles. The van der Waals surface area contributed by atoms with Crippen LogP contribution in [0.5, 0.6) is 0 Å². The smallest absolute Gasteiger partial charge is 0.132 e. The van der Waals surface area contributed by atoms with Gasteiger partial charge in [-0.15, -0.1) is 0 Å². The number of quaternary nitrogens is 1. The van der Waals surface area contributed by atoms with Crippen LogP contribution in [0.3, 0.4) is 0 Å². The van der Waals surface area contributed by atoms with E-state index in [0.717, 1.165) is 6.42 Å². The molecule has 0 aliphatic rings. The fraction of sp³-hybridized carbons (Fsp3) is 0.190. The normalized spacial score (nSPS) is 8.65. The van der Waals surface area contributed by atoms with E-state index < -0.39 is 6.10 Å². The van der Waals surface area contributed by atoms with Gasteiger partial charge in [0.1, 0.15) is 12.1 Å². The van der Waals surface area contributed by atoms with E-state index in [1.807, 2.05) is 6.92 Å². The van der Waals surface area contributed by atoms with Crippen LogP contribution >= 0.6 is 0 Å². The van der Waals surface area contributed by atoms with Gasteiger partial charge in [-0.3, -0.25) is 0 Å². The van der Waals surface area contributed by atoms with Gasteiger partial charge >= 0.3 is 0 Å². The number of aliphatic hydroxyl groups excluding tert-OH is 1. The second kappa shape index (κ2) is 14.8. The first-order valence-corrected chi connectivity index (χ1v) is 6.59. The Kier molecular flexibility index (Phi) is 12.4. The lowest BCUT2D eigenvalue weighted by molar-refractivity contribution is -0.433. The maximum atomic E-state index is 9.57. The van der Waals surface area contributed by atoms with E-state index in [9.17, 15) is 5.11 Å². The standard InChI is InChI=1S/C21H13NO/c1-3-5-6-7-8-9-10-11-12-13-14-15-16-17-18-19-21(23)20(22)4-2/h19-21,23H,1,4,22H2,2H3/p+1/t20-,21-/m0/s1. The summed E-state index contributed by atoms with van der Waals surface area (Å²) < 4.78 is 0. The van der Waals surface area contributed by atoms with Crippen LogP contribution in [0.1, 0.15) is 13.3 Å². The summed E-state index contributed by atoms with van der Waals surface area (Å²) in [5.74, 6) is 0. The van der Waals surface area contributed by atoms with Crippen molar-refractivity contribution in [3.8, 4) is 0 Å². The first kappa shape index (κ1) is 19.4. The van der Waals surface area contributed by atoms with Gasteiger partial charge in [-0.1, -0.05) is 18.4 Å². The van der Waals surface area contributed by atoms with E-state index in [0.29, 0.717) is 0 Å². The molecule has 0 radical (unpaired) electrons. The predicted octanol–water partition coefficient (Wildman–Crippen LogP) is 1.88. The first-order chi connectivity index (χ1) is 11.2. The third-order valence-electron chi connectivity index (χ3n) is 2.17. The number of hydrogen-bond donors (Lipinski definition) is 2. The zero-order chi connectivity index (χ0) is 17.2. The largest absolute Gasteiger partial charge is 0.382 e. The molecule has 0 saturated heterocycles. The van der Waals surface area contributed by atoms with Crippen LogP contribution in [0.25, 0.3) is 0 Å². The lowest BCUT2D eigenvalue weighted by atomic mass is 10.1. The van der Waals surface area contributed by atoms with Gasteiger partial charge in [0.25, 0.3) is 0 Å². The lowest BCUT2D eigenvalue weighted by Gasteiger charge is -2.07. The fourth-order valence-electron chi connectivity index (χ4n) is 0.929. The second-order valence-corrected chi connectivity index (χ2v) is 3.77. The number of aliphatic hydroxyl groups is 1. The van der Waals surface area contributed by atoms with Crippen LogP contribution in [0.4, 0.5) is 0 Å². The van der Waals surface area contributed by atoms with Crippen LogP contribution in [0.2, 0.25) is 0 Å². The summed E-state index contributed by atoms with van der Waals surface area (Å²) in [4.78, 5) is 0. The molecule has 0 aromatic carbocycles. The number of hydrogen-bond acceptors (Lipinski definition) is 1. The zero-order valence-corrected chi connectivity index (χ0v) is 12.8. The van der Waals surface area contributed by atoms with Crippen LogP contribution < -0.4 is 5.73 Å². The van der Waals surface area contributed by atoms with Crippen molar-refractivity contribution >= 4 is 0 Å². The highest BCUT2D eigenvalue weighted by Crippen LogP contribution is 1.92. The summed E-state index contributed by atoms with van der Waals surface area (Å²) in [6.07, 6.45) is 1.61. The highest BCUT2D eigenvalue weighted by molar-refractivity contribution is 4.95. The molecule has 0 fully saturated rings. The van der Waals surface area contributed by atoms with E-state index in [-0.39, 0.29) is 6.04 Å². The van der Waals surface area contributed by atoms with E-state index in [2.05, 4.69) is 98.3 Å². The fourth-order valence-corrected chi connectivity index (χ4v) is 0.929. The number of rotatable bonds is 3. The van der Waals surface area contributed by atoms with Crippen molar-refractivity contribution < 1.29 is 10.8 Å². The third kappa shape index (κ3) is 13.1. The molecular weight excluding hydrogens is 282 g/mol. The average molecular weight is 296 g/mol. The van der Waals surface area contributed by atoms with Crippen LogP contribution in [-0.2, 0) is 0 Å². The van der Waals surface area contributed by atoms with Gasteiger partial charge < -0.3 is 10.8 Å². The first-order valence-electron chi connectivity index (χ1n) is 6.59. The summed E-state index contributed by atoms with van der Waals surface area (Å²) in [5, 5.41) is 9.57. The van der Waals surface area contributed by atoms with Gasteiger partial charge in [-0.05, 0) is 87.5 Å². The highest BCUT2D eigenvalue weighted by atomic mass is 16.3. The summed E-state index contributed by atoms with van der Waals surface area (Å²) in [6, 6.07) is -0.0644. The van der Waals surface area contributed by atoms with Gasteiger partial charge in [-0.2, -0.15) is 0 Å². The topological polar surface area (TPSA) is 47.9 Å². The van der Waals surface area contributed by atoms with Crippen LogP contribution in [0.15, 0.2) is 98.6 Å². The third-order valence-corrected chi connectivity index (χ3v) is 2.17. The SMILES string of the molecule is C=C=C=C=C=C=C=C=C=C=C=C=C=C=C=C=C[C@H](O)[C@@H]([NH3+])CC. The molecule has 2 atom stereocenters. The molecule has 0 aliphatic heterocycles. The molecule has 2 heteroatoms. The predicted molar refractivity (Wildman–Crippen MR) is 85.9 cm³/mol. The van der Waals surface area contributed by atoms with Crippen molar-refractivity contribution in [2.45, 2.75) is 25.5 Å². The molecule has 0 aliphatic carbocycles. The highest BCUT2D eigenvalue weighted by Gasteiger charge is 2.11. The van der Waals surface area contributed by atoms with Crippen LogP contribution in [-0.4, -0.2) is 17.3 Å². The molecule has 0 amide bonds. The summed E-state index contributed by atoms with van der Waals surface area (Å²) >= 11 is 0. The van der Waals surface area contributed by atoms with Gasteiger partial charge in [0.2, 0.25) is 0 Å². The van der Waals surface area contributed by atoms with Crippen molar-refractivity contribution in [1.82, 2.24) is 0 Å².